The molecule has 2 heteroatoms. The summed E-state index contributed by atoms with van der Waals surface area (Å²) in [5.74, 6) is 0.876. The van der Waals surface area contributed by atoms with Gasteiger partial charge in [0.25, 0.3) is 0 Å². The molecule has 90 valence electrons. The van der Waals surface area contributed by atoms with Gasteiger partial charge in [-0.3, -0.25) is 5.32 Å². The van der Waals surface area contributed by atoms with E-state index in [1.54, 1.807) is 0 Å². The standard InChI is InChI=1S/C14H24N2/c1-2-4-12-5-3-9-14(11-15,10-8-12)16-13-6-7-13/h12-13,16H,2-10H2,1H3. The van der Waals surface area contributed by atoms with E-state index in [1.807, 2.05) is 0 Å². The lowest BCUT2D eigenvalue weighted by atomic mass is 9.90. The molecule has 0 aromatic carbocycles. The summed E-state index contributed by atoms with van der Waals surface area (Å²) >= 11 is 0. The van der Waals surface area contributed by atoms with Crippen LogP contribution in [0.1, 0.15) is 64.7 Å². The van der Waals surface area contributed by atoms with E-state index in [0.29, 0.717) is 6.04 Å². The van der Waals surface area contributed by atoms with E-state index >= 15 is 0 Å². The van der Waals surface area contributed by atoms with Crippen LogP contribution in [0.5, 0.6) is 0 Å². The van der Waals surface area contributed by atoms with Crippen LogP contribution < -0.4 is 5.32 Å². The highest BCUT2D eigenvalue weighted by Crippen LogP contribution is 2.34. The Hall–Kier alpha value is -0.550. The smallest absolute Gasteiger partial charge is 0.106 e. The Kier molecular flexibility index (Phi) is 3.86. The van der Waals surface area contributed by atoms with Gasteiger partial charge in [0.2, 0.25) is 0 Å². The van der Waals surface area contributed by atoms with Crippen molar-refractivity contribution >= 4 is 0 Å². The SMILES string of the molecule is CCCC1CCCC(C#N)(NC2CC2)CC1. The van der Waals surface area contributed by atoms with Crippen LogP contribution in [0.2, 0.25) is 0 Å². The molecule has 0 spiro atoms. The molecule has 2 nitrogen and oxygen atoms in total. The van der Waals surface area contributed by atoms with E-state index < -0.39 is 0 Å². The van der Waals surface area contributed by atoms with Crippen LogP contribution in [0.15, 0.2) is 0 Å². The summed E-state index contributed by atoms with van der Waals surface area (Å²) in [5.41, 5.74) is -0.177. The molecule has 0 radical (unpaired) electrons. The average Bonchev–Trinajstić information content (AvgIpc) is 3.09. The van der Waals surface area contributed by atoms with E-state index in [-0.39, 0.29) is 5.54 Å². The van der Waals surface area contributed by atoms with Crippen molar-refractivity contribution in [1.82, 2.24) is 5.32 Å². The summed E-state index contributed by atoms with van der Waals surface area (Å²) < 4.78 is 0. The number of nitriles is 1. The molecule has 0 aromatic heterocycles. The van der Waals surface area contributed by atoms with Crippen LogP contribution in [0.25, 0.3) is 0 Å². The monoisotopic (exact) mass is 220 g/mol. The topological polar surface area (TPSA) is 35.8 Å². The molecule has 0 amide bonds. The average molecular weight is 220 g/mol. The Morgan fingerprint density at radius 3 is 2.69 bits per heavy atom. The summed E-state index contributed by atoms with van der Waals surface area (Å²) in [7, 11) is 0. The van der Waals surface area contributed by atoms with E-state index in [1.165, 1.54) is 44.9 Å². The summed E-state index contributed by atoms with van der Waals surface area (Å²) in [6.07, 6.45) is 11.2. The summed E-state index contributed by atoms with van der Waals surface area (Å²) in [5, 5.41) is 13.0. The zero-order chi connectivity index (χ0) is 11.4. The molecule has 2 aliphatic rings. The van der Waals surface area contributed by atoms with Crippen LogP contribution in [0, 0.1) is 17.2 Å². The second kappa shape index (κ2) is 5.19. The quantitative estimate of drug-likeness (QED) is 0.737. The van der Waals surface area contributed by atoms with Gasteiger partial charge >= 0.3 is 0 Å². The first-order chi connectivity index (χ1) is 7.78. The Morgan fingerprint density at radius 2 is 2.06 bits per heavy atom. The molecule has 2 saturated carbocycles. The summed E-state index contributed by atoms with van der Waals surface area (Å²) in [6, 6.07) is 3.24. The minimum Gasteiger partial charge on any atom is -0.297 e. The maximum Gasteiger partial charge on any atom is 0.106 e. The molecular formula is C14H24N2. The van der Waals surface area contributed by atoms with Crippen LogP contribution >= 0.6 is 0 Å². The highest BCUT2D eigenvalue weighted by molar-refractivity contribution is 5.10. The molecule has 0 heterocycles. The van der Waals surface area contributed by atoms with Crippen LogP contribution in [0.4, 0.5) is 0 Å². The van der Waals surface area contributed by atoms with Gasteiger partial charge in [0.05, 0.1) is 6.07 Å². The normalized spacial score (nSPS) is 35.4. The Balaban J connectivity index is 1.91. The molecular weight excluding hydrogens is 196 g/mol. The van der Waals surface area contributed by atoms with Crippen molar-refractivity contribution < 1.29 is 0 Å². The van der Waals surface area contributed by atoms with Gasteiger partial charge < -0.3 is 0 Å². The van der Waals surface area contributed by atoms with Gasteiger partial charge in [-0.2, -0.15) is 5.26 Å². The predicted octanol–water partition coefficient (Wildman–Crippen LogP) is 3.38. The number of rotatable bonds is 4. The molecule has 0 aliphatic heterocycles. The molecule has 16 heavy (non-hydrogen) atoms. The number of nitrogens with zero attached hydrogens (tertiary/aromatic N) is 1. The predicted molar refractivity (Wildman–Crippen MR) is 66.0 cm³/mol. The molecule has 2 unspecified atom stereocenters. The van der Waals surface area contributed by atoms with Crippen LogP contribution in [0.3, 0.4) is 0 Å². The fraction of sp³-hybridized carbons (Fsp3) is 0.929. The first kappa shape index (κ1) is 11.9. The lowest BCUT2D eigenvalue weighted by molar-refractivity contribution is 0.351. The molecule has 2 aliphatic carbocycles. The fourth-order valence-electron chi connectivity index (χ4n) is 3.02. The molecule has 0 aromatic rings. The third-order valence-electron chi connectivity index (χ3n) is 4.16. The van der Waals surface area contributed by atoms with Gasteiger partial charge in [-0.1, -0.05) is 32.6 Å². The second-order valence-corrected chi connectivity index (χ2v) is 5.70. The number of nitrogens with one attached hydrogen (secondary N) is 1. The van der Waals surface area contributed by atoms with E-state index in [0.717, 1.165) is 18.8 Å². The minimum atomic E-state index is -0.177. The summed E-state index contributed by atoms with van der Waals surface area (Å²) in [6.45, 7) is 2.27. The minimum absolute atomic E-state index is 0.177. The van der Waals surface area contributed by atoms with Gasteiger partial charge in [-0.05, 0) is 38.0 Å². The Bertz CT molecular complexity index is 264. The van der Waals surface area contributed by atoms with Gasteiger partial charge in [-0.15, -0.1) is 0 Å². The molecule has 1 N–H and O–H groups in total. The zero-order valence-corrected chi connectivity index (χ0v) is 10.5. The summed E-state index contributed by atoms with van der Waals surface area (Å²) in [4.78, 5) is 0. The van der Waals surface area contributed by atoms with Gasteiger partial charge in [0.15, 0.2) is 0 Å². The molecule has 2 fully saturated rings. The number of hydrogen-bond acceptors (Lipinski definition) is 2. The van der Waals surface area contributed by atoms with E-state index in [4.69, 9.17) is 0 Å². The van der Waals surface area contributed by atoms with E-state index in [9.17, 15) is 5.26 Å². The zero-order valence-electron chi connectivity index (χ0n) is 10.5. The van der Waals surface area contributed by atoms with Crippen molar-refractivity contribution in [3.63, 3.8) is 0 Å². The van der Waals surface area contributed by atoms with Crippen molar-refractivity contribution in [3.05, 3.63) is 0 Å². The lowest BCUT2D eigenvalue weighted by Gasteiger charge is -2.26. The third kappa shape index (κ3) is 2.98. The van der Waals surface area contributed by atoms with Crippen molar-refractivity contribution in [2.45, 2.75) is 76.3 Å². The number of hydrogen-bond donors (Lipinski definition) is 1. The van der Waals surface area contributed by atoms with Gasteiger partial charge in [-0.25, -0.2) is 0 Å². The maximum absolute atomic E-state index is 9.45. The van der Waals surface area contributed by atoms with Crippen molar-refractivity contribution in [2.24, 2.45) is 5.92 Å². The molecule has 2 rings (SSSR count). The first-order valence-electron chi connectivity index (χ1n) is 6.97. The molecule has 0 saturated heterocycles. The van der Waals surface area contributed by atoms with Gasteiger partial charge in [0.1, 0.15) is 5.54 Å². The first-order valence-corrected chi connectivity index (χ1v) is 6.97. The lowest BCUT2D eigenvalue weighted by Crippen LogP contribution is -2.44. The van der Waals surface area contributed by atoms with Crippen LogP contribution in [-0.2, 0) is 0 Å². The largest absolute Gasteiger partial charge is 0.297 e. The second-order valence-electron chi connectivity index (χ2n) is 5.70. The fourth-order valence-corrected chi connectivity index (χ4v) is 3.02. The maximum atomic E-state index is 9.45. The highest BCUT2D eigenvalue weighted by Gasteiger charge is 2.37. The van der Waals surface area contributed by atoms with Crippen molar-refractivity contribution in [1.29, 1.82) is 5.26 Å². The van der Waals surface area contributed by atoms with Crippen molar-refractivity contribution in [3.8, 4) is 6.07 Å². The highest BCUT2D eigenvalue weighted by atomic mass is 15.0. The molecule has 2 atom stereocenters. The van der Waals surface area contributed by atoms with Crippen LogP contribution in [-0.4, -0.2) is 11.6 Å². The Morgan fingerprint density at radius 1 is 1.25 bits per heavy atom. The van der Waals surface area contributed by atoms with E-state index in [2.05, 4.69) is 18.3 Å². The Labute approximate surface area is 99.4 Å². The van der Waals surface area contributed by atoms with Crippen molar-refractivity contribution in [2.75, 3.05) is 0 Å². The van der Waals surface area contributed by atoms with Gasteiger partial charge in [0, 0.05) is 6.04 Å². The third-order valence-corrected chi connectivity index (χ3v) is 4.16. The molecule has 0 bridgehead atoms.